The van der Waals surface area contributed by atoms with Gasteiger partial charge >= 0.3 is 0 Å². The zero-order valence-corrected chi connectivity index (χ0v) is 16.9. The Balaban J connectivity index is 1.54. The average Bonchev–Trinajstić information content (AvgIpc) is 3.22. The number of benzene rings is 2. The topological polar surface area (TPSA) is 95.2 Å². The van der Waals surface area contributed by atoms with E-state index in [4.69, 9.17) is 5.26 Å². The molecular formula is C22H15FN4O3S. The van der Waals surface area contributed by atoms with Crippen molar-refractivity contribution in [3.63, 3.8) is 0 Å². The van der Waals surface area contributed by atoms with Crippen LogP contribution in [0.2, 0.25) is 0 Å². The van der Waals surface area contributed by atoms with E-state index in [0.717, 1.165) is 27.6 Å². The first kappa shape index (κ1) is 20.4. The highest BCUT2D eigenvalue weighted by atomic mass is 32.2. The van der Waals surface area contributed by atoms with E-state index < -0.39 is 29.4 Å². The van der Waals surface area contributed by atoms with E-state index in [1.807, 2.05) is 24.3 Å². The van der Waals surface area contributed by atoms with Crippen LogP contribution < -0.4 is 5.32 Å². The zero-order chi connectivity index (χ0) is 22.0. The van der Waals surface area contributed by atoms with Crippen LogP contribution in [0, 0.1) is 17.1 Å². The van der Waals surface area contributed by atoms with E-state index in [1.54, 1.807) is 16.8 Å². The molecule has 1 N–H and O–H groups in total. The van der Waals surface area contributed by atoms with Crippen molar-refractivity contribution in [3.05, 3.63) is 71.0 Å². The highest BCUT2D eigenvalue weighted by Gasteiger charge is 2.36. The molecular weight excluding hydrogens is 419 g/mol. The molecule has 2 heterocycles. The molecule has 154 valence electrons. The van der Waals surface area contributed by atoms with E-state index in [1.165, 1.54) is 24.3 Å². The molecule has 0 aliphatic carbocycles. The van der Waals surface area contributed by atoms with E-state index >= 15 is 0 Å². The van der Waals surface area contributed by atoms with Gasteiger partial charge in [-0.2, -0.15) is 5.26 Å². The van der Waals surface area contributed by atoms with Crippen molar-refractivity contribution < 1.29 is 18.8 Å². The molecule has 0 radical (unpaired) electrons. The van der Waals surface area contributed by atoms with Crippen LogP contribution >= 0.6 is 11.8 Å². The summed E-state index contributed by atoms with van der Waals surface area (Å²) in [6, 6.07) is 14.7. The minimum absolute atomic E-state index is 0.152. The molecule has 1 aromatic heterocycles. The summed E-state index contributed by atoms with van der Waals surface area (Å²) < 4.78 is 14.7. The Morgan fingerprint density at radius 2 is 1.90 bits per heavy atom. The molecule has 1 fully saturated rings. The predicted octanol–water partition coefficient (Wildman–Crippen LogP) is 3.98. The summed E-state index contributed by atoms with van der Waals surface area (Å²) in [6.07, 6.45) is 3.35. The second kappa shape index (κ2) is 8.45. The number of amides is 3. The molecule has 0 atom stereocenters. The summed E-state index contributed by atoms with van der Waals surface area (Å²) in [5.74, 6) is -1.58. The van der Waals surface area contributed by atoms with Gasteiger partial charge in [-0.1, -0.05) is 18.2 Å². The number of hydrogen-bond donors (Lipinski definition) is 1. The van der Waals surface area contributed by atoms with Gasteiger partial charge in [0.25, 0.3) is 11.1 Å². The SMILES string of the molecule is N#CCn1cc(/C=C2\SC(=O)N(CC(=O)Nc3ccc(F)cc3)C2=O)c2ccccc21. The molecule has 0 bridgehead atoms. The first-order valence-corrected chi connectivity index (χ1v) is 10.0. The predicted molar refractivity (Wildman–Crippen MR) is 115 cm³/mol. The minimum Gasteiger partial charge on any atom is -0.333 e. The summed E-state index contributed by atoms with van der Waals surface area (Å²) in [4.78, 5) is 38.4. The summed E-state index contributed by atoms with van der Waals surface area (Å²) in [7, 11) is 0. The molecule has 9 heteroatoms. The number of rotatable bonds is 5. The number of nitriles is 1. The monoisotopic (exact) mass is 434 g/mol. The Morgan fingerprint density at radius 3 is 2.65 bits per heavy atom. The highest BCUT2D eigenvalue weighted by molar-refractivity contribution is 8.18. The third kappa shape index (κ3) is 4.20. The molecule has 1 saturated heterocycles. The molecule has 1 aliphatic heterocycles. The van der Waals surface area contributed by atoms with Crippen LogP contribution in [0.1, 0.15) is 5.56 Å². The molecule has 0 spiro atoms. The van der Waals surface area contributed by atoms with Crippen molar-refractivity contribution in [2.45, 2.75) is 6.54 Å². The Labute approximate surface area is 180 Å². The standard InChI is InChI=1S/C22H15FN4O3S/c23-15-5-7-16(8-6-15)25-20(28)13-27-21(29)19(31-22(27)30)11-14-12-26(10-9-24)18-4-2-1-3-17(14)18/h1-8,11-12H,10,13H2,(H,25,28)/b19-11-. The number of carbonyl (C=O) groups is 3. The first-order valence-electron chi connectivity index (χ1n) is 9.22. The molecule has 31 heavy (non-hydrogen) atoms. The van der Waals surface area contributed by atoms with Crippen molar-refractivity contribution in [2.75, 3.05) is 11.9 Å². The number of imide groups is 1. The smallest absolute Gasteiger partial charge is 0.294 e. The van der Waals surface area contributed by atoms with Gasteiger partial charge < -0.3 is 9.88 Å². The lowest BCUT2D eigenvalue weighted by molar-refractivity contribution is -0.127. The number of aromatic nitrogens is 1. The quantitative estimate of drug-likeness (QED) is 0.613. The fourth-order valence-electron chi connectivity index (χ4n) is 3.25. The fraction of sp³-hybridized carbons (Fsp3) is 0.0909. The van der Waals surface area contributed by atoms with Crippen molar-refractivity contribution in [2.24, 2.45) is 0 Å². The normalized spacial score (nSPS) is 15.0. The van der Waals surface area contributed by atoms with Gasteiger partial charge in [-0.15, -0.1) is 0 Å². The van der Waals surface area contributed by atoms with Gasteiger partial charge in [0.15, 0.2) is 0 Å². The Kier molecular flexibility index (Phi) is 5.56. The van der Waals surface area contributed by atoms with Gasteiger partial charge in [-0.3, -0.25) is 19.3 Å². The third-order valence-corrected chi connectivity index (χ3v) is 5.56. The maximum Gasteiger partial charge on any atom is 0.294 e. The van der Waals surface area contributed by atoms with Crippen LogP contribution in [0.3, 0.4) is 0 Å². The molecule has 7 nitrogen and oxygen atoms in total. The van der Waals surface area contributed by atoms with Gasteiger partial charge in [0.05, 0.1) is 11.0 Å². The molecule has 1 aliphatic rings. The highest BCUT2D eigenvalue weighted by Crippen LogP contribution is 2.34. The van der Waals surface area contributed by atoms with Gasteiger partial charge in [-0.25, -0.2) is 4.39 Å². The lowest BCUT2D eigenvalue weighted by Gasteiger charge is -2.12. The van der Waals surface area contributed by atoms with E-state index in [9.17, 15) is 18.8 Å². The first-order chi connectivity index (χ1) is 15.0. The lowest BCUT2D eigenvalue weighted by atomic mass is 10.1. The summed E-state index contributed by atoms with van der Waals surface area (Å²) in [5, 5.41) is 11.9. The van der Waals surface area contributed by atoms with Crippen LogP contribution in [0.15, 0.2) is 59.6 Å². The molecule has 3 amide bonds. The van der Waals surface area contributed by atoms with E-state index in [2.05, 4.69) is 11.4 Å². The largest absolute Gasteiger partial charge is 0.333 e. The number of halogens is 1. The van der Waals surface area contributed by atoms with Gasteiger partial charge in [0, 0.05) is 28.4 Å². The van der Waals surface area contributed by atoms with Crippen LogP contribution in [0.4, 0.5) is 14.9 Å². The Morgan fingerprint density at radius 1 is 1.16 bits per heavy atom. The maximum atomic E-state index is 13.0. The fourth-order valence-corrected chi connectivity index (χ4v) is 4.08. The van der Waals surface area contributed by atoms with Crippen molar-refractivity contribution in [1.82, 2.24) is 9.47 Å². The van der Waals surface area contributed by atoms with Crippen LogP contribution in [-0.4, -0.2) is 33.1 Å². The number of anilines is 1. The number of fused-ring (bicyclic) bond motifs is 1. The number of carbonyl (C=O) groups excluding carboxylic acids is 3. The maximum absolute atomic E-state index is 13.0. The van der Waals surface area contributed by atoms with Gasteiger partial charge in [-0.05, 0) is 48.2 Å². The van der Waals surface area contributed by atoms with E-state index in [0.29, 0.717) is 11.3 Å². The third-order valence-electron chi connectivity index (χ3n) is 4.65. The molecule has 0 saturated carbocycles. The summed E-state index contributed by atoms with van der Waals surface area (Å²) in [6.45, 7) is -0.297. The second-order valence-electron chi connectivity index (χ2n) is 6.71. The molecule has 4 rings (SSSR count). The number of thioether (sulfide) groups is 1. The lowest BCUT2D eigenvalue weighted by Crippen LogP contribution is -2.36. The number of nitrogens with zero attached hydrogens (tertiary/aromatic N) is 3. The number of nitrogens with one attached hydrogen (secondary N) is 1. The van der Waals surface area contributed by atoms with Crippen molar-refractivity contribution in [3.8, 4) is 6.07 Å². The van der Waals surface area contributed by atoms with Crippen LogP contribution in [0.25, 0.3) is 17.0 Å². The zero-order valence-electron chi connectivity index (χ0n) is 16.0. The minimum atomic E-state index is -0.569. The van der Waals surface area contributed by atoms with Crippen molar-refractivity contribution in [1.29, 1.82) is 5.26 Å². The molecule has 2 aromatic carbocycles. The van der Waals surface area contributed by atoms with Gasteiger partial charge in [0.1, 0.15) is 18.9 Å². The molecule has 0 unspecified atom stereocenters. The summed E-state index contributed by atoms with van der Waals surface area (Å²) >= 11 is 0.753. The second-order valence-corrected chi connectivity index (χ2v) is 7.70. The van der Waals surface area contributed by atoms with Crippen LogP contribution in [0.5, 0.6) is 0 Å². The number of hydrogen-bond acceptors (Lipinski definition) is 5. The Bertz CT molecular complexity index is 1270. The summed E-state index contributed by atoms with van der Waals surface area (Å²) in [5.41, 5.74) is 1.90. The Hall–Kier alpha value is -3.90. The van der Waals surface area contributed by atoms with Crippen LogP contribution in [-0.2, 0) is 16.1 Å². The number of para-hydroxylation sites is 1. The van der Waals surface area contributed by atoms with E-state index in [-0.39, 0.29) is 11.4 Å². The van der Waals surface area contributed by atoms with Gasteiger partial charge in [0.2, 0.25) is 5.91 Å². The average molecular weight is 434 g/mol. The molecule has 3 aromatic rings. The van der Waals surface area contributed by atoms with Crippen molar-refractivity contribution >= 4 is 51.5 Å².